The zero-order valence-electron chi connectivity index (χ0n) is 8.78. The van der Waals surface area contributed by atoms with Crippen LogP contribution < -0.4 is 5.73 Å². The predicted octanol–water partition coefficient (Wildman–Crippen LogP) is 2.27. The predicted molar refractivity (Wildman–Crippen MR) is 62.2 cm³/mol. The summed E-state index contributed by atoms with van der Waals surface area (Å²) in [4.78, 5) is 11.5. The lowest BCUT2D eigenvalue weighted by atomic mass is 9.71. The number of carboxylic acid groups (broad SMARTS) is 1. The molecular formula is C11H14BrNO3. The fourth-order valence-electron chi connectivity index (χ4n) is 2.26. The molecule has 0 atom stereocenters. The van der Waals surface area contributed by atoms with E-state index in [-0.39, 0.29) is 6.04 Å². The second-order valence-corrected chi connectivity index (χ2v) is 5.27. The number of carbonyl (C=O) groups is 1. The van der Waals surface area contributed by atoms with Crippen molar-refractivity contribution >= 4 is 21.9 Å². The standard InChI is InChI=1S/C11H14BrNO3/c12-7-5-9(16-6-7)11(10(14)15)3-1-8(13)2-4-11/h5-6,8H,1-4,13H2,(H,14,15). The van der Waals surface area contributed by atoms with Crippen molar-refractivity contribution in [2.24, 2.45) is 5.73 Å². The largest absolute Gasteiger partial charge is 0.480 e. The molecule has 3 N–H and O–H groups in total. The molecule has 1 aliphatic rings. The van der Waals surface area contributed by atoms with Gasteiger partial charge in [0, 0.05) is 6.04 Å². The summed E-state index contributed by atoms with van der Waals surface area (Å²) in [7, 11) is 0. The monoisotopic (exact) mass is 287 g/mol. The molecule has 0 aliphatic heterocycles. The van der Waals surface area contributed by atoms with Crippen molar-refractivity contribution in [2.45, 2.75) is 37.1 Å². The number of aliphatic carboxylic acids is 1. The minimum atomic E-state index is -0.887. The van der Waals surface area contributed by atoms with Crippen LogP contribution in [0, 0.1) is 0 Å². The van der Waals surface area contributed by atoms with Crippen LogP contribution in [0.1, 0.15) is 31.4 Å². The molecule has 1 aromatic heterocycles. The van der Waals surface area contributed by atoms with Crippen molar-refractivity contribution in [1.29, 1.82) is 0 Å². The van der Waals surface area contributed by atoms with E-state index in [0.29, 0.717) is 18.6 Å². The first kappa shape index (κ1) is 11.7. The highest BCUT2D eigenvalue weighted by molar-refractivity contribution is 9.10. The third kappa shape index (κ3) is 1.89. The fraction of sp³-hybridized carbons (Fsp3) is 0.545. The molecule has 4 nitrogen and oxygen atoms in total. The van der Waals surface area contributed by atoms with E-state index in [1.165, 1.54) is 6.26 Å². The molecule has 2 rings (SSSR count). The second kappa shape index (κ2) is 4.22. The average Bonchev–Trinajstić information content (AvgIpc) is 2.66. The van der Waals surface area contributed by atoms with Crippen LogP contribution in [0.5, 0.6) is 0 Å². The van der Waals surface area contributed by atoms with Crippen molar-refractivity contribution in [3.8, 4) is 0 Å². The van der Waals surface area contributed by atoms with Crippen LogP contribution in [-0.2, 0) is 10.2 Å². The topological polar surface area (TPSA) is 76.5 Å². The van der Waals surface area contributed by atoms with Gasteiger partial charge in [-0.3, -0.25) is 4.79 Å². The van der Waals surface area contributed by atoms with Crippen LogP contribution in [0.2, 0.25) is 0 Å². The Morgan fingerprint density at radius 1 is 1.56 bits per heavy atom. The van der Waals surface area contributed by atoms with Crippen molar-refractivity contribution in [1.82, 2.24) is 0 Å². The lowest BCUT2D eigenvalue weighted by molar-refractivity contribution is -0.146. The maximum Gasteiger partial charge on any atom is 0.317 e. The molecule has 0 spiro atoms. The van der Waals surface area contributed by atoms with Gasteiger partial charge in [-0.05, 0) is 47.7 Å². The lowest BCUT2D eigenvalue weighted by Gasteiger charge is -2.33. The molecule has 0 bridgehead atoms. The molecule has 1 fully saturated rings. The highest BCUT2D eigenvalue weighted by Gasteiger charge is 2.45. The molecule has 0 saturated heterocycles. The number of hydrogen-bond donors (Lipinski definition) is 2. The quantitative estimate of drug-likeness (QED) is 0.875. The van der Waals surface area contributed by atoms with Gasteiger partial charge in [-0.15, -0.1) is 0 Å². The lowest BCUT2D eigenvalue weighted by Crippen LogP contribution is -2.42. The Balaban J connectivity index is 2.33. The molecular weight excluding hydrogens is 274 g/mol. The molecule has 1 heterocycles. The maximum atomic E-state index is 11.5. The van der Waals surface area contributed by atoms with E-state index in [9.17, 15) is 9.90 Å². The van der Waals surface area contributed by atoms with Gasteiger partial charge in [0.1, 0.15) is 17.4 Å². The van der Waals surface area contributed by atoms with Crippen molar-refractivity contribution in [2.75, 3.05) is 0 Å². The second-order valence-electron chi connectivity index (χ2n) is 4.35. The normalized spacial score (nSPS) is 30.2. The van der Waals surface area contributed by atoms with Crippen molar-refractivity contribution in [3.05, 3.63) is 22.6 Å². The molecule has 88 valence electrons. The first-order valence-corrected chi connectivity index (χ1v) is 6.07. The molecule has 5 heteroatoms. The zero-order chi connectivity index (χ0) is 11.8. The van der Waals surface area contributed by atoms with Gasteiger partial charge < -0.3 is 15.3 Å². The Kier molecular flexibility index (Phi) is 3.08. The van der Waals surface area contributed by atoms with Gasteiger partial charge in [0.25, 0.3) is 0 Å². The molecule has 1 aromatic rings. The molecule has 0 amide bonds. The SMILES string of the molecule is NC1CCC(C(=O)O)(c2cc(Br)co2)CC1. The summed E-state index contributed by atoms with van der Waals surface area (Å²) in [6.45, 7) is 0. The number of furan rings is 1. The molecule has 0 unspecified atom stereocenters. The Labute approximate surface area is 102 Å². The van der Waals surface area contributed by atoms with E-state index >= 15 is 0 Å². The summed E-state index contributed by atoms with van der Waals surface area (Å²) in [5, 5.41) is 9.42. The van der Waals surface area contributed by atoms with Crippen LogP contribution >= 0.6 is 15.9 Å². The van der Waals surface area contributed by atoms with Crippen LogP contribution in [0.15, 0.2) is 21.2 Å². The molecule has 0 aromatic carbocycles. The Morgan fingerprint density at radius 3 is 2.62 bits per heavy atom. The number of carboxylic acids is 1. The first-order chi connectivity index (χ1) is 7.54. The summed E-state index contributed by atoms with van der Waals surface area (Å²) < 4.78 is 6.11. The van der Waals surface area contributed by atoms with E-state index in [2.05, 4.69) is 15.9 Å². The van der Waals surface area contributed by atoms with Gasteiger partial charge in [-0.1, -0.05) is 0 Å². The van der Waals surface area contributed by atoms with E-state index in [4.69, 9.17) is 10.2 Å². The number of halogens is 1. The fourth-order valence-corrected chi connectivity index (χ4v) is 2.56. The third-order valence-electron chi connectivity index (χ3n) is 3.33. The highest BCUT2D eigenvalue weighted by atomic mass is 79.9. The summed E-state index contributed by atoms with van der Waals surface area (Å²) in [6, 6.07) is 1.86. The zero-order valence-corrected chi connectivity index (χ0v) is 10.4. The maximum absolute atomic E-state index is 11.5. The van der Waals surface area contributed by atoms with E-state index < -0.39 is 11.4 Å². The van der Waals surface area contributed by atoms with E-state index in [0.717, 1.165) is 17.3 Å². The minimum Gasteiger partial charge on any atom is -0.480 e. The smallest absolute Gasteiger partial charge is 0.317 e. The number of nitrogens with two attached hydrogens (primary N) is 1. The third-order valence-corrected chi connectivity index (χ3v) is 3.75. The Hall–Kier alpha value is -0.810. The summed E-state index contributed by atoms with van der Waals surface area (Å²) in [5.74, 6) is -0.292. The summed E-state index contributed by atoms with van der Waals surface area (Å²) in [6.07, 6.45) is 4.07. The van der Waals surface area contributed by atoms with E-state index in [1.54, 1.807) is 6.07 Å². The van der Waals surface area contributed by atoms with Crippen molar-refractivity contribution in [3.63, 3.8) is 0 Å². The van der Waals surface area contributed by atoms with Gasteiger partial charge in [-0.2, -0.15) is 0 Å². The summed E-state index contributed by atoms with van der Waals surface area (Å²) in [5.41, 5.74) is 4.92. The molecule has 1 saturated carbocycles. The van der Waals surface area contributed by atoms with Crippen molar-refractivity contribution < 1.29 is 14.3 Å². The average molecular weight is 288 g/mol. The Bertz CT molecular complexity index is 394. The number of rotatable bonds is 2. The highest BCUT2D eigenvalue weighted by Crippen LogP contribution is 2.40. The first-order valence-electron chi connectivity index (χ1n) is 5.28. The van der Waals surface area contributed by atoms with Gasteiger partial charge in [0.05, 0.1) is 4.47 Å². The van der Waals surface area contributed by atoms with Crippen LogP contribution in [0.25, 0.3) is 0 Å². The van der Waals surface area contributed by atoms with Gasteiger partial charge >= 0.3 is 5.97 Å². The summed E-state index contributed by atoms with van der Waals surface area (Å²) >= 11 is 3.27. The van der Waals surface area contributed by atoms with Crippen LogP contribution in [-0.4, -0.2) is 17.1 Å². The Morgan fingerprint density at radius 2 is 2.19 bits per heavy atom. The van der Waals surface area contributed by atoms with Gasteiger partial charge in [0.15, 0.2) is 0 Å². The van der Waals surface area contributed by atoms with Crippen LogP contribution in [0.3, 0.4) is 0 Å². The van der Waals surface area contributed by atoms with Gasteiger partial charge in [-0.25, -0.2) is 0 Å². The van der Waals surface area contributed by atoms with Crippen LogP contribution in [0.4, 0.5) is 0 Å². The number of hydrogen-bond acceptors (Lipinski definition) is 3. The minimum absolute atomic E-state index is 0.117. The molecule has 1 aliphatic carbocycles. The molecule has 0 radical (unpaired) electrons. The molecule has 16 heavy (non-hydrogen) atoms. The van der Waals surface area contributed by atoms with E-state index in [1.807, 2.05) is 0 Å². The van der Waals surface area contributed by atoms with Gasteiger partial charge in [0.2, 0.25) is 0 Å².